The van der Waals surface area contributed by atoms with E-state index < -0.39 is 30.6 Å². The van der Waals surface area contributed by atoms with Gasteiger partial charge in [-0.1, -0.05) is 12.1 Å². The van der Waals surface area contributed by atoms with Crippen LogP contribution in [0, 0.1) is 0 Å². The molecule has 0 fully saturated rings. The molecule has 2 atom stereocenters. The van der Waals surface area contributed by atoms with Crippen LogP contribution in [0.4, 0.5) is 0 Å². The maximum Gasteiger partial charge on any atom is 0.330 e. The van der Waals surface area contributed by atoms with Crippen molar-refractivity contribution in [2.75, 3.05) is 13.7 Å². The molecular weight excluding hydrogens is 264 g/mol. The second-order valence-electron chi connectivity index (χ2n) is 4.24. The number of aliphatic hydroxyl groups is 1. The number of aliphatic hydroxyl groups excluding tert-OH is 1. The number of nitrogens with one attached hydrogen (secondary N) is 1. The van der Waals surface area contributed by atoms with E-state index in [1.165, 1.54) is 12.1 Å². The summed E-state index contributed by atoms with van der Waals surface area (Å²) in [5.74, 6) is -1.18. The molecule has 0 bridgehead atoms. The lowest BCUT2D eigenvalue weighted by atomic mass is 10.1. The molecular formula is C13H18N2O5. The van der Waals surface area contributed by atoms with Crippen LogP contribution in [0.1, 0.15) is 5.56 Å². The van der Waals surface area contributed by atoms with Gasteiger partial charge >= 0.3 is 5.97 Å². The highest BCUT2D eigenvalue weighted by atomic mass is 16.5. The Kier molecular flexibility index (Phi) is 5.95. The van der Waals surface area contributed by atoms with E-state index in [1.807, 2.05) is 0 Å². The number of aromatic hydroxyl groups is 1. The first-order valence-electron chi connectivity index (χ1n) is 6.00. The molecule has 0 saturated heterocycles. The Balaban J connectivity index is 2.58. The average molecular weight is 282 g/mol. The summed E-state index contributed by atoms with van der Waals surface area (Å²) in [5.41, 5.74) is 6.49. The summed E-state index contributed by atoms with van der Waals surface area (Å²) in [6, 6.07) is 4.27. The van der Waals surface area contributed by atoms with E-state index in [1.54, 1.807) is 12.1 Å². The maximum absolute atomic E-state index is 11.8. The number of rotatable bonds is 6. The molecule has 1 amide bonds. The van der Waals surface area contributed by atoms with Crippen molar-refractivity contribution in [2.24, 2.45) is 5.73 Å². The molecule has 7 heteroatoms. The number of amides is 1. The van der Waals surface area contributed by atoms with Crippen LogP contribution in [0.3, 0.4) is 0 Å². The maximum atomic E-state index is 11.8. The highest BCUT2D eigenvalue weighted by Crippen LogP contribution is 2.10. The first kappa shape index (κ1) is 15.9. The predicted octanol–water partition coefficient (Wildman–Crippen LogP) is -1.09. The Morgan fingerprint density at radius 3 is 2.45 bits per heavy atom. The Hall–Kier alpha value is -2.12. The van der Waals surface area contributed by atoms with Gasteiger partial charge in [-0.15, -0.1) is 0 Å². The van der Waals surface area contributed by atoms with E-state index in [-0.39, 0.29) is 12.2 Å². The van der Waals surface area contributed by atoms with E-state index in [0.29, 0.717) is 0 Å². The highest BCUT2D eigenvalue weighted by molar-refractivity contribution is 5.87. The molecule has 0 aliphatic rings. The summed E-state index contributed by atoms with van der Waals surface area (Å²) in [7, 11) is 1.16. The molecule has 0 aliphatic heterocycles. The third-order valence-electron chi connectivity index (χ3n) is 2.71. The zero-order valence-electron chi connectivity index (χ0n) is 11.1. The van der Waals surface area contributed by atoms with Crippen LogP contribution in [0.2, 0.25) is 0 Å². The molecule has 7 nitrogen and oxygen atoms in total. The van der Waals surface area contributed by atoms with E-state index in [2.05, 4.69) is 10.1 Å². The van der Waals surface area contributed by atoms with Gasteiger partial charge in [-0.05, 0) is 24.1 Å². The number of benzene rings is 1. The third-order valence-corrected chi connectivity index (χ3v) is 2.71. The smallest absolute Gasteiger partial charge is 0.330 e. The van der Waals surface area contributed by atoms with Crippen LogP contribution in [0.5, 0.6) is 5.75 Å². The molecule has 0 unspecified atom stereocenters. The molecule has 0 spiro atoms. The van der Waals surface area contributed by atoms with Gasteiger partial charge in [0, 0.05) is 0 Å². The van der Waals surface area contributed by atoms with Crippen LogP contribution in [-0.4, -0.2) is 47.9 Å². The Bertz CT molecular complexity index is 460. The normalized spacial score (nSPS) is 13.3. The van der Waals surface area contributed by atoms with Crippen LogP contribution < -0.4 is 11.1 Å². The SMILES string of the molecule is COC(=O)[C@H](CO)NC(=O)[C@@H](N)Cc1ccc(O)cc1. The minimum Gasteiger partial charge on any atom is -0.508 e. The van der Waals surface area contributed by atoms with Gasteiger partial charge in [0.15, 0.2) is 6.04 Å². The number of phenols is 1. The number of hydrogen-bond donors (Lipinski definition) is 4. The van der Waals surface area contributed by atoms with E-state index in [9.17, 15) is 9.59 Å². The van der Waals surface area contributed by atoms with Crippen molar-refractivity contribution in [2.45, 2.75) is 18.5 Å². The number of phenolic OH excluding ortho intramolecular Hbond substituents is 1. The first-order valence-corrected chi connectivity index (χ1v) is 6.00. The van der Waals surface area contributed by atoms with Gasteiger partial charge in [-0.25, -0.2) is 4.79 Å². The quantitative estimate of drug-likeness (QED) is 0.492. The Morgan fingerprint density at radius 1 is 1.35 bits per heavy atom. The average Bonchev–Trinajstić information content (AvgIpc) is 2.45. The molecule has 20 heavy (non-hydrogen) atoms. The summed E-state index contributed by atoms with van der Waals surface area (Å²) in [6.45, 7) is -0.565. The van der Waals surface area contributed by atoms with Crippen molar-refractivity contribution in [3.8, 4) is 5.75 Å². The van der Waals surface area contributed by atoms with Crippen LogP contribution in [0.15, 0.2) is 24.3 Å². The molecule has 110 valence electrons. The lowest BCUT2D eigenvalue weighted by Gasteiger charge is -2.17. The van der Waals surface area contributed by atoms with E-state index in [4.69, 9.17) is 15.9 Å². The standard InChI is InChI=1S/C13H18N2O5/c1-20-13(19)11(7-16)15-12(18)10(14)6-8-2-4-9(17)5-3-8/h2-5,10-11,16-17H,6-7,14H2,1H3,(H,15,18)/t10-,11-/m0/s1. The lowest BCUT2D eigenvalue weighted by molar-refractivity contribution is -0.146. The van der Waals surface area contributed by atoms with E-state index >= 15 is 0 Å². The summed E-state index contributed by atoms with van der Waals surface area (Å²) < 4.78 is 4.43. The van der Waals surface area contributed by atoms with Crippen LogP contribution >= 0.6 is 0 Å². The minimum absolute atomic E-state index is 0.123. The lowest BCUT2D eigenvalue weighted by Crippen LogP contribution is -2.51. The van der Waals surface area contributed by atoms with Crippen LogP contribution in [-0.2, 0) is 20.7 Å². The molecule has 0 aliphatic carbocycles. The molecule has 1 rings (SSSR count). The van der Waals surface area contributed by atoms with Crippen molar-refractivity contribution < 1.29 is 24.5 Å². The molecule has 5 N–H and O–H groups in total. The zero-order valence-corrected chi connectivity index (χ0v) is 11.1. The predicted molar refractivity (Wildman–Crippen MR) is 70.8 cm³/mol. The van der Waals surface area contributed by atoms with Gasteiger partial charge in [0.25, 0.3) is 0 Å². The van der Waals surface area contributed by atoms with Crippen molar-refractivity contribution >= 4 is 11.9 Å². The number of carbonyl (C=O) groups is 2. The third kappa shape index (κ3) is 4.52. The van der Waals surface area contributed by atoms with Gasteiger partial charge < -0.3 is 26.0 Å². The second kappa shape index (κ2) is 7.46. The molecule has 1 aromatic rings. The molecule has 0 heterocycles. The van der Waals surface area contributed by atoms with Crippen LogP contribution in [0.25, 0.3) is 0 Å². The fraction of sp³-hybridized carbons (Fsp3) is 0.385. The second-order valence-corrected chi connectivity index (χ2v) is 4.24. The fourth-order valence-corrected chi connectivity index (χ4v) is 1.58. The number of esters is 1. The van der Waals surface area contributed by atoms with Crippen molar-refractivity contribution in [3.63, 3.8) is 0 Å². The highest BCUT2D eigenvalue weighted by Gasteiger charge is 2.23. The summed E-state index contributed by atoms with van der Waals surface area (Å²) in [6.07, 6.45) is 0.242. The number of carbonyl (C=O) groups excluding carboxylic acids is 2. The minimum atomic E-state index is -1.13. The number of ether oxygens (including phenoxy) is 1. The molecule has 0 saturated carbocycles. The van der Waals surface area contributed by atoms with E-state index in [0.717, 1.165) is 12.7 Å². The number of methoxy groups -OCH3 is 1. The number of hydrogen-bond acceptors (Lipinski definition) is 6. The number of nitrogens with two attached hydrogens (primary N) is 1. The zero-order chi connectivity index (χ0) is 15.1. The molecule has 1 aromatic carbocycles. The van der Waals surface area contributed by atoms with Gasteiger partial charge in [0.1, 0.15) is 5.75 Å². The first-order chi connectivity index (χ1) is 9.47. The van der Waals surface area contributed by atoms with Gasteiger partial charge in [-0.2, -0.15) is 0 Å². The van der Waals surface area contributed by atoms with Crippen molar-refractivity contribution in [3.05, 3.63) is 29.8 Å². The largest absolute Gasteiger partial charge is 0.508 e. The van der Waals surface area contributed by atoms with Gasteiger partial charge in [0.05, 0.1) is 19.8 Å². The Labute approximate surface area is 116 Å². The van der Waals surface area contributed by atoms with Crippen molar-refractivity contribution in [1.29, 1.82) is 0 Å². The fourth-order valence-electron chi connectivity index (χ4n) is 1.58. The summed E-state index contributed by atoms with van der Waals surface area (Å²) in [4.78, 5) is 23.0. The molecule has 0 radical (unpaired) electrons. The monoisotopic (exact) mass is 282 g/mol. The van der Waals surface area contributed by atoms with Gasteiger partial charge in [-0.3, -0.25) is 4.79 Å². The van der Waals surface area contributed by atoms with Crippen molar-refractivity contribution in [1.82, 2.24) is 5.32 Å². The summed E-state index contributed by atoms with van der Waals surface area (Å²) >= 11 is 0. The van der Waals surface area contributed by atoms with Gasteiger partial charge in [0.2, 0.25) is 5.91 Å². The topological polar surface area (TPSA) is 122 Å². The Morgan fingerprint density at radius 2 is 1.95 bits per heavy atom. The summed E-state index contributed by atoms with van der Waals surface area (Å²) in [5, 5.41) is 20.5. The molecule has 0 aromatic heterocycles.